The van der Waals surface area contributed by atoms with E-state index in [0.717, 1.165) is 17.8 Å². The number of likely N-dealkylation sites (N-methyl/N-ethyl adjacent to an activating group) is 1. The summed E-state index contributed by atoms with van der Waals surface area (Å²) in [6, 6.07) is 6.66. The highest BCUT2D eigenvalue weighted by molar-refractivity contribution is 5.94. The lowest BCUT2D eigenvalue weighted by atomic mass is 10.3. The van der Waals surface area contributed by atoms with Crippen LogP contribution in [0.4, 0.5) is 24.7 Å². The number of hydrogen-bond acceptors (Lipinski definition) is 6. The van der Waals surface area contributed by atoms with Gasteiger partial charge >= 0.3 is 6.36 Å². The summed E-state index contributed by atoms with van der Waals surface area (Å²) in [5, 5.41) is 6.69. The van der Waals surface area contributed by atoms with Gasteiger partial charge in [0.05, 0.1) is 6.54 Å². The van der Waals surface area contributed by atoms with Crippen molar-refractivity contribution in [1.29, 1.82) is 0 Å². The lowest BCUT2D eigenvalue weighted by Gasteiger charge is -2.19. The van der Waals surface area contributed by atoms with Crippen molar-refractivity contribution >= 4 is 23.2 Å². The largest absolute Gasteiger partial charge is 0.573 e. The van der Waals surface area contributed by atoms with Crippen molar-refractivity contribution in [1.82, 2.24) is 19.6 Å². The predicted molar refractivity (Wildman–Crippen MR) is 90.5 cm³/mol. The fourth-order valence-electron chi connectivity index (χ4n) is 2.42. The summed E-state index contributed by atoms with van der Waals surface area (Å²) >= 11 is 0. The van der Waals surface area contributed by atoms with Gasteiger partial charge in [-0.2, -0.15) is 14.6 Å². The highest BCUT2D eigenvalue weighted by atomic mass is 19.4. The number of aryl methyl sites for hydroxylation is 1. The normalized spacial score (nSPS) is 11.4. The van der Waals surface area contributed by atoms with Gasteiger partial charge in [-0.3, -0.25) is 4.79 Å². The second-order valence-corrected chi connectivity index (χ2v) is 5.70. The van der Waals surface area contributed by atoms with E-state index in [-0.39, 0.29) is 18.2 Å². The average molecular weight is 380 g/mol. The first-order chi connectivity index (χ1) is 12.7. The van der Waals surface area contributed by atoms with E-state index in [1.807, 2.05) is 0 Å². The Morgan fingerprint density at radius 1 is 1.30 bits per heavy atom. The van der Waals surface area contributed by atoms with Crippen molar-refractivity contribution in [3.05, 3.63) is 42.4 Å². The van der Waals surface area contributed by atoms with E-state index in [2.05, 4.69) is 25.1 Å². The monoisotopic (exact) mass is 380 g/mol. The molecule has 0 atom stereocenters. The molecule has 2 heterocycles. The van der Waals surface area contributed by atoms with Crippen LogP contribution in [-0.2, 0) is 4.79 Å². The van der Waals surface area contributed by atoms with Crippen LogP contribution in [0.2, 0.25) is 0 Å². The first-order valence-corrected chi connectivity index (χ1v) is 7.75. The minimum Gasteiger partial charge on any atom is -0.406 e. The second-order valence-electron chi connectivity index (χ2n) is 5.70. The third-order valence-corrected chi connectivity index (χ3v) is 3.50. The molecule has 1 aromatic carbocycles. The molecule has 0 aliphatic heterocycles. The van der Waals surface area contributed by atoms with E-state index >= 15 is 0 Å². The van der Waals surface area contributed by atoms with Gasteiger partial charge in [-0.25, -0.2) is 4.98 Å². The molecule has 0 aliphatic carbocycles. The van der Waals surface area contributed by atoms with Crippen LogP contribution in [0.1, 0.15) is 5.69 Å². The maximum Gasteiger partial charge on any atom is 0.573 e. The number of fused-ring (bicyclic) bond motifs is 1. The smallest absolute Gasteiger partial charge is 0.406 e. The third kappa shape index (κ3) is 4.63. The molecule has 3 aromatic rings. The van der Waals surface area contributed by atoms with E-state index in [4.69, 9.17) is 0 Å². The molecule has 1 N–H and O–H groups in total. The van der Waals surface area contributed by atoms with Gasteiger partial charge in [0, 0.05) is 24.5 Å². The van der Waals surface area contributed by atoms with Gasteiger partial charge < -0.3 is 15.0 Å². The zero-order valence-electron chi connectivity index (χ0n) is 14.4. The molecule has 0 saturated carbocycles. The molecule has 1 amide bonds. The molecular formula is C16H15F3N6O2. The molecule has 11 heteroatoms. The molecular weight excluding hydrogens is 365 g/mol. The summed E-state index contributed by atoms with van der Waals surface area (Å²) < 4.78 is 41.8. The zero-order valence-corrected chi connectivity index (χ0v) is 14.4. The van der Waals surface area contributed by atoms with Crippen molar-refractivity contribution in [3.63, 3.8) is 0 Å². The second kappa shape index (κ2) is 7.09. The number of ether oxygens (including phenoxy) is 1. The number of benzene rings is 1. The number of aromatic nitrogens is 4. The summed E-state index contributed by atoms with van der Waals surface area (Å²) in [6.45, 7) is 1.79. The Kier molecular flexibility index (Phi) is 4.84. The molecule has 0 fully saturated rings. The number of nitrogens with zero attached hydrogens (tertiary/aromatic N) is 5. The van der Waals surface area contributed by atoms with Crippen molar-refractivity contribution < 1.29 is 22.7 Å². The highest BCUT2D eigenvalue weighted by Crippen LogP contribution is 2.24. The summed E-state index contributed by atoms with van der Waals surface area (Å²) in [5.41, 5.74) is 1.07. The maximum absolute atomic E-state index is 12.2. The van der Waals surface area contributed by atoms with Crippen molar-refractivity contribution in [2.24, 2.45) is 0 Å². The van der Waals surface area contributed by atoms with Crippen LogP contribution in [0.15, 0.2) is 36.7 Å². The molecule has 8 nitrogen and oxygen atoms in total. The van der Waals surface area contributed by atoms with E-state index < -0.39 is 6.36 Å². The van der Waals surface area contributed by atoms with Crippen LogP contribution in [0.3, 0.4) is 0 Å². The maximum atomic E-state index is 12.2. The zero-order chi connectivity index (χ0) is 19.6. The molecule has 0 bridgehead atoms. The van der Waals surface area contributed by atoms with Gasteiger partial charge in [-0.15, -0.1) is 13.2 Å². The Labute approximate surface area is 151 Å². The fraction of sp³-hybridized carbons (Fsp3) is 0.250. The van der Waals surface area contributed by atoms with Crippen LogP contribution in [0.5, 0.6) is 5.75 Å². The predicted octanol–water partition coefficient (Wildman–Crippen LogP) is 2.41. The number of amides is 1. The number of carbonyl (C=O) groups excluding carboxylic acids is 1. The van der Waals surface area contributed by atoms with Crippen molar-refractivity contribution in [2.45, 2.75) is 13.3 Å². The third-order valence-electron chi connectivity index (χ3n) is 3.50. The lowest BCUT2D eigenvalue weighted by molar-refractivity contribution is -0.274. The van der Waals surface area contributed by atoms with E-state index in [1.165, 1.54) is 23.0 Å². The minimum atomic E-state index is -4.76. The standard InChI is InChI=1S/C16H15F3N6O2/c1-10-7-14(25-15(22-10)20-9-21-25)24(2)8-13(26)23-11-3-5-12(6-4-11)27-16(17,18)19/h3-7,9H,8H2,1-2H3,(H,23,26). The number of carbonyl (C=O) groups is 1. The van der Waals surface area contributed by atoms with Crippen molar-refractivity contribution in [2.75, 3.05) is 23.8 Å². The molecule has 2 aromatic heterocycles. The van der Waals surface area contributed by atoms with Gasteiger partial charge in [0.1, 0.15) is 17.9 Å². The van der Waals surface area contributed by atoms with Crippen LogP contribution in [-0.4, -0.2) is 45.4 Å². The number of nitrogens with one attached hydrogen (secondary N) is 1. The van der Waals surface area contributed by atoms with E-state index in [0.29, 0.717) is 17.3 Å². The average Bonchev–Trinajstić information content (AvgIpc) is 3.02. The molecule has 0 saturated heterocycles. The first kappa shape index (κ1) is 18.4. The molecule has 0 radical (unpaired) electrons. The molecule has 0 unspecified atom stereocenters. The lowest BCUT2D eigenvalue weighted by Crippen LogP contribution is -2.31. The number of halogens is 3. The van der Waals surface area contributed by atoms with Gasteiger partial charge in [0.25, 0.3) is 5.78 Å². The minimum absolute atomic E-state index is 0.0147. The van der Waals surface area contributed by atoms with Crippen LogP contribution < -0.4 is 15.0 Å². The molecule has 27 heavy (non-hydrogen) atoms. The summed E-state index contributed by atoms with van der Waals surface area (Å²) in [5.74, 6) is 0.319. The van der Waals surface area contributed by atoms with Gasteiger partial charge in [0.2, 0.25) is 5.91 Å². The van der Waals surface area contributed by atoms with Gasteiger partial charge in [-0.1, -0.05) is 0 Å². The van der Waals surface area contributed by atoms with E-state index in [1.54, 1.807) is 24.9 Å². The number of anilines is 2. The summed E-state index contributed by atoms with van der Waals surface area (Å²) in [7, 11) is 1.70. The molecule has 142 valence electrons. The molecule has 0 spiro atoms. The quantitative estimate of drug-likeness (QED) is 0.732. The number of hydrogen-bond donors (Lipinski definition) is 1. The van der Waals surface area contributed by atoms with Crippen LogP contribution in [0, 0.1) is 6.92 Å². The topological polar surface area (TPSA) is 84.7 Å². The Morgan fingerprint density at radius 2 is 2.00 bits per heavy atom. The summed E-state index contributed by atoms with van der Waals surface area (Å²) in [4.78, 5) is 22.2. The Balaban J connectivity index is 1.65. The number of alkyl halides is 3. The highest BCUT2D eigenvalue weighted by Gasteiger charge is 2.30. The molecule has 3 rings (SSSR count). The van der Waals surface area contributed by atoms with Crippen LogP contribution >= 0.6 is 0 Å². The van der Waals surface area contributed by atoms with Crippen molar-refractivity contribution in [3.8, 4) is 5.75 Å². The Morgan fingerprint density at radius 3 is 2.67 bits per heavy atom. The molecule has 0 aliphatic rings. The van der Waals surface area contributed by atoms with Gasteiger partial charge in [-0.05, 0) is 31.2 Å². The number of rotatable bonds is 5. The summed E-state index contributed by atoms with van der Waals surface area (Å²) in [6.07, 6.45) is -3.40. The van der Waals surface area contributed by atoms with Gasteiger partial charge in [0.15, 0.2) is 0 Å². The SMILES string of the molecule is Cc1cc(N(C)CC(=O)Nc2ccc(OC(F)(F)F)cc2)n2ncnc2n1. The Bertz CT molecular complexity index is 955. The Hall–Kier alpha value is -3.37. The fourth-order valence-corrected chi connectivity index (χ4v) is 2.42. The van der Waals surface area contributed by atoms with Crippen LogP contribution in [0.25, 0.3) is 5.78 Å². The van der Waals surface area contributed by atoms with E-state index in [9.17, 15) is 18.0 Å². The first-order valence-electron chi connectivity index (χ1n) is 7.75.